The summed E-state index contributed by atoms with van der Waals surface area (Å²) in [6, 6.07) is 11.2. The van der Waals surface area contributed by atoms with Gasteiger partial charge in [0.05, 0.1) is 24.1 Å². The fourth-order valence-corrected chi connectivity index (χ4v) is 5.24. The number of hydrogen-bond acceptors (Lipinski definition) is 6. The zero-order valence-corrected chi connectivity index (χ0v) is 18.5. The van der Waals surface area contributed by atoms with Crippen LogP contribution in [0.2, 0.25) is 0 Å². The largest absolute Gasteiger partial charge is 0.497 e. The van der Waals surface area contributed by atoms with Crippen LogP contribution in [0.25, 0.3) is 0 Å². The Morgan fingerprint density at radius 2 is 2.03 bits per heavy atom. The predicted octanol–water partition coefficient (Wildman–Crippen LogP) is 2.11. The van der Waals surface area contributed by atoms with E-state index in [0.717, 1.165) is 29.0 Å². The highest BCUT2D eigenvalue weighted by Crippen LogP contribution is 2.27. The number of amides is 2. The summed E-state index contributed by atoms with van der Waals surface area (Å²) in [4.78, 5) is 30.3. The molecule has 4 rings (SSSR count). The number of aliphatic hydroxyl groups is 1. The lowest BCUT2D eigenvalue weighted by Crippen LogP contribution is -2.52. The van der Waals surface area contributed by atoms with Crippen molar-refractivity contribution >= 4 is 23.2 Å². The summed E-state index contributed by atoms with van der Waals surface area (Å²) < 4.78 is 5.24. The third-order valence-electron chi connectivity index (χ3n) is 6.17. The van der Waals surface area contributed by atoms with Crippen molar-refractivity contribution in [1.29, 1.82) is 0 Å². The third kappa shape index (κ3) is 5.08. The Kier molecular flexibility index (Phi) is 6.89. The summed E-state index contributed by atoms with van der Waals surface area (Å²) in [6.45, 7) is 2.27. The van der Waals surface area contributed by atoms with Gasteiger partial charge in [-0.15, -0.1) is 11.3 Å². The van der Waals surface area contributed by atoms with E-state index in [9.17, 15) is 14.7 Å². The first kappa shape index (κ1) is 21.8. The Balaban J connectivity index is 1.33. The molecule has 2 saturated heterocycles. The fourth-order valence-electron chi connectivity index (χ4n) is 4.55. The molecule has 166 valence electrons. The van der Waals surface area contributed by atoms with Gasteiger partial charge in [0.1, 0.15) is 5.75 Å². The molecule has 2 amide bonds. The number of thiophene rings is 1. The van der Waals surface area contributed by atoms with Crippen LogP contribution in [0.3, 0.4) is 0 Å². The number of carbonyl (C=O) groups excluding carboxylic acids is 2. The van der Waals surface area contributed by atoms with Gasteiger partial charge in [-0.05, 0) is 48.4 Å². The lowest BCUT2D eigenvalue weighted by Gasteiger charge is -2.38. The number of likely N-dealkylation sites (tertiary alicyclic amines) is 2. The molecule has 2 atom stereocenters. The maximum Gasteiger partial charge on any atom is 0.263 e. The number of nitrogens with zero attached hydrogens (tertiary/aromatic N) is 2. The number of nitrogens with one attached hydrogen (secondary N) is 1. The molecule has 2 aliphatic heterocycles. The third-order valence-corrected chi connectivity index (χ3v) is 7.03. The molecule has 1 aromatic heterocycles. The Hall–Kier alpha value is -2.42. The Bertz CT molecular complexity index is 896. The van der Waals surface area contributed by atoms with E-state index in [1.54, 1.807) is 7.11 Å². The molecule has 2 N–H and O–H groups in total. The molecule has 1 aromatic carbocycles. The van der Waals surface area contributed by atoms with Crippen molar-refractivity contribution in [2.24, 2.45) is 0 Å². The molecule has 2 aromatic rings. The van der Waals surface area contributed by atoms with Gasteiger partial charge in [0.2, 0.25) is 5.91 Å². The summed E-state index contributed by atoms with van der Waals surface area (Å²) in [5, 5.41) is 15.2. The molecule has 0 spiro atoms. The van der Waals surface area contributed by atoms with Crippen LogP contribution in [-0.2, 0) is 11.3 Å². The molecule has 2 unspecified atom stereocenters. The number of rotatable bonds is 6. The number of methoxy groups -OCH3 is 1. The summed E-state index contributed by atoms with van der Waals surface area (Å²) in [5.74, 6) is 0.785. The van der Waals surface area contributed by atoms with Crippen LogP contribution in [0, 0.1) is 0 Å². The van der Waals surface area contributed by atoms with Gasteiger partial charge >= 0.3 is 0 Å². The predicted molar refractivity (Wildman–Crippen MR) is 119 cm³/mol. The summed E-state index contributed by atoms with van der Waals surface area (Å²) in [7, 11) is 1.62. The Morgan fingerprint density at radius 3 is 2.74 bits per heavy atom. The second-order valence-corrected chi connectivity index (χ2v) is 9.12. The van der Waals surface area contributed by atoms with E-state index in [2.05, 4.69) is 10.2 Å². The molecular weight excluding hydrogens is 414 g/mol. The van der Waals surface area contributed by atoms with Crippen molar-refractivity contribution in [2.45, 2.75) is 44.0 Å². The molecular formula is C23H29N3O4S. The zero-order valence-electron chi connectivity index (χ0n) is 17.7. The number of β-amino-alcohol motifs (C(OH)–C–C–N with tert-alkyl or cyclic N) is 1. The first-order chi connectivity index (χ1) is 15.0. The van der Waals surface area contributed by atoms with Crippen molar-refractivity contribution in [3.63, 3.8) is 0 Å². The van der Waals surface area contributed by atoms with E-state index in [1.807, 2.05) is 46.7 Å². The highest BCUT2D eigenvalue weighted by Gasteiger charge is 2.41. The Labute approximate surface area is 186 Å². The molecule has 3 heterocycles. The van der Waals surface area contributed by atoms with Gasteiger partial charge in [-0.3, -0.25) is 14.5 Å². The van der Waals surface area contributed by atoms with Gasteiger partial charge in [0, 0.05) is 32.2 Å². The molecule has 0 aliphatic carbocycles. The molecule has 0 radical (unpaired) electrons. The van der Waals surface area contributed by atoms with E-state index < -0.39 is 6.10 Å². The van der Waals surface area contributed by atoms with Gasteiger partial charge in [-0.1, -0.05) is 18.2 Å². The van der Waals surface area contributed by atoms with Crippen LogP contribution in [0.1, 0.15) is 34.5 Å². The minimum absolute atomic E-state index is 0.0588. The maximum atomic E-state index is 12.9. The number of aliphatic hydroxyl groups excluding tert-OH is 1. The highest BCUT2D eigenvalue weighted by molar-refractivity contribution is 7.12. The summed E-state index contributed by atoms with van der Waals surface area (Å²) >= 11 is 1.47. The van der Waals surface area contributed by atoms with E-state index in [4.69, 9.17) is 4.74 Å². The first-order valence-electron chi connectivity index (χ1n) is 10.7. The van der Waals surface area contributed by atoms with E-state index >= 15 is 0 Å². The van der Waals surface area contributed by atoms with Gasteiger partial charge in [-0.25, -0.2) is 0 Å². The molecule has 2 aliphatic rings. The van der Waals surface area contributed by atoms with Crippen LogP contribution in [0.15, 0.2) is 41.8 Å². The topological polar surface area (TPSA) is 82.1 Å². The minimum atomic E-state index is -0.502. The first-order valence-corrected chi connectivity index (χ1v) is 11.6. The van der Waals surface area contributed by atoms with E-state index in [0.29, 0.717) is 32.6 Å². The fraction of sp³-hybridized carbons (Fsp3) is 0.478. The molecule has 31 heavy (non-hydrogen) atoms. The van der Waals surface area contributed by atoms with Gasteiger partial charge in [0.15, 0.2) is 0 Å². The van der Waals surface area contributed by atoms with E-state index in [1.165, 1.54) is 11.3 Å². The standard InChI is InChI=1S/C23H29N3O4S/c1-30-19-5-2-4-16(12-19)14-24-22(28)20-13-18(27)15-26(20)17-7-9-25(10-8-17)23(29)21-6-3-11-31-21/h2-6,11-12,17-18,20,27H,7-10,13-15H2,1H3,(H,24,28). The smallest absolute Gasteiger partial charge is 0.263 e. The van der Waals surface area contributed by atoms with Crippen molar-refractivity contribution in [2.75, 3.05) is 26.7 Å². The number of ether oxygens (including phenoxy) is 1. The summed E-state index contributed by atoms with van der Waals surface area (Å²) in [6.07, 6.45) is 1.56. The van der Waals surface area contributed by atoms with E-state index in [-0.39, 0.29) is 23.9 Å². The molecule has 8 heteroatoms. The van der Waals surface area contributed by atoms with Crippen molar-refractivity contribution in [1.82, 2.24) is 15.1 Å². The highest BCUT2D eigenvalue weighted by atomic mass is 32.1. The normalized spacial score (nSPS) is 22.5. The molecule has 2 fully saturated rings. The quantitative estimate of drug-likeness (QED) is 0.715. The lowest BCUT2D eigenvalue weighted by atomic mass is 10.0. The van der Waals surface area contributed by atoms with Gasteiger partial charge < -0.3 is 20.1 Å². The van der Waals surface area contributed by atoms with Crippen LogP contribution in [0.5, 0.6) is 5.75 Å². The molecule has 0 saturated carbocycles. The van der Waals surface area contributed by atoms with Crippen LogP contribution in [0.4, 0.5) is 0 Å². The lowest BCUT2D eigenvalue weighted by molar-refractivity contribution is -0.126. The van der Waals surface area contributed by atoms with Crippen LogP contribution < -0.4 is 10.1 Å². The Morgan fingerprint density at radius 1 is 1.23 bits per heavy atom. The SMILES string of the molecule is COc1cccc(CNC(=O)C2CC(O)CN2C2CCN(C(=O)c3cccs3)CC2)c1. The van der Waals surface area contributed by atoms with Crippen molar-refractivity contribution in [3.05, 3.63) is 52.2 Å². The summed E-state index contributed by atoms with van der Waals surface area (Å²) in [5.41, 5.74) is 0.971. The van der Waals surface area contributed by atoms with Gasteiger partial charge in [-0.2, -0.15) is 0 Å². The monoisotopic (exact) mass is 443 g/mol. The molecule has 0 bridgehead atoms. The number of hydrogen-bond donors (Lipinski definition) is 2. The van der Waals surface area contributed by atoms with Crippen molar-refractivity contribution < 1.29 is 19.4 Å². The second kappa shape index (κ2) is 9.80. The maximum absolute atomic E-state index is 12.9. The zero-order chi connectivity index (χ0) is 21.8. The average Bonchev–Trinajstić information content (AvgIpc) is 3.47. The number of piperidine rings is 1. The second-order valence-electron chi connectivity index (χ2n) is 8.17. The minimum Gasteiger partial charge on any atom is -0.497 e. The number of benzene rings is 1. The van der Waals surface area contributed by atoms with Crippen LogP contribution in [-0.4, -0.2) is 71.7 Å². The van der Waals surface area contributed by atoms with Crippen LogP contribution >= 0.6 is 11.3 Å². The number of carbonyl (C=O) groups is 2. The molecule has 7 nitrogen and oxygen atoms in total. The average molecular weight is 444 g/mol. The van der Waals surface area contributed by atoms with Gasteiger partial charge in [0.25, 0.3) is 5.91 Å². The van der Waals surface area contributed by atoms with Crippen molar-refractivity contribution in [3.8, 4) is 5.75 Å².